The lowest BCUT2D eigenvalue weighted by molar-refractivity contribution is 0.339. The van der Waals surface area contributed by atoms with E-state index in [0.29, 0.717) is 0 Å². The van der Waals surface area contributed by atoms with Gasteiger partial charge in [0, 0.05) is 0 Å². The minimum atomic E-state index is -0.751. The third kappa shape index (κ3) is 0.527. The number of hydrogen-bond acceptors (Lipinski definition) is 2. The second-order valence-electron chi connectivity index (χ2n) is 1.01. The molecule has 4 heteroatoms. The predicted molar refractivity (Wildman–Crippen MR) is 28.2 cm³/mol. The molecule has 0 aromatic rings. The predicted octanol–water partition coefficient (Wildman–Crippen LogP) is -1.08. The van der Waals surface area contributed by atoms with E-state index >= 15 is 0 Å². The van der Waals surface area contributed by atoms with Gasteiger partial charge in [-0.05, 0) is 12.6 Å². The molecule has 1 aliphatic heterocycles. The van der Waals surface area contributed by atoms with Crippen LogP contribution in [-0.4, -0.2) is 24.6 Å². The highest BCUT2D eigenvalue weighted by Crippen LogP contribution is 1.87. The van der Waals surface area contributed by atoms with Gasteiger partial charge in [-0.2, -0.15) is 0 Å². The summed E-state index contributed by atoms with van der Waals surface area (Å²) in [5.41, 5.74) is 2.00. The minimum absolute atomic E-state index is 0.439. The molecular weight excluding hydrogens is 112 g/mol. The van der Waals surface area contributed by atoms with Crippen LogP contribution in [0.2, 0.25) is 0 Å². The van der Waals surface area contributed by atoms with Gasteiger partial charge in [0.25, 0.3) is 0 Å². The highest BCUT2D eigenvalue weighted by atomic mass is 28.4. The van der Waals surface area contributed by atoms with Gasteiger partial charge in [-0.3, -0.25) is 0 Å². The third-order valence-corrected chi connectivity index (χ3v) is 4.33. The average Bonchev–Trinajstić information content (AvgIpc) is 1.31. The second-order valence-corrected chi connectivity index (χ2v) is 4.77. The fourth-order valence-electron chi connectivity index (χ4n) is 0.294. The van der Waals surface area contributed by atoms with Crippen molar-refractivity contribution in [3.8, 4) is 0 Å². The van der Waals surface area contributed by atoms with Crippen molar-refractivity contribution in [1.82, 2.24) is 0 Å². The van der Waals surface area contributed by atoms with Crippen molar-refractivity contribution in [2.45, 2.75) is 6.92 Å². The maximum Gasteiger partial charge on any atom is 0.448 e. The summed E-state index contributed by atoms with van der Waals surface area (Å²) >= 11 is 0. The van der Waals surface area contributed by atoms with Gasteiger partial charge in [0.1, 0.15) is 0 Å². The van der Waals surface area contributed by atoms with Crippen LogP contribution in [0.1, 0.15) is 6.92 Å². The lowest BCUT2D eigenvalue weighted by Gasteiger charge is -2.18. The molecule has 0 aliphatic carbocycles. The Morgan fingerprint density at radius 1 is 1.67 bits per heavy atom. The zero-order valence-corrected chi connectivity index (χ0v) is 6.02. The Labute approximate surface area is 40.6 Å². The minimum Gasteiger partial charge on any atom is -0.556 e. The van der Waals surface area contributed by atoms with Gasteiger partial charge in [0.15, 0.2) is 0 Å². The number of rotatable bonds is 0. The SMILES string of the molecule is CC=[Si]1O[SiH2]O1. The van der Waals surface area contributed by atoms with Crippen LogP contribution in [0.15, 0.2) is 0 Å². The summed E-state index contributed by atoms with van der Waals surface area (Å²) in [5.74, 6) is 0. The molecule has 0 spiro atoms. The number of hydrogen-bond donors (Lipinski definition) is 0. The molecule has 0 unspecified atom stereocenters. The van der Waals surface area contributed by atoms with Crippen LogP contribution < -0.4 is 0 Å². The van der Waals surface area contributed by atoms with E-state index in [-0.39, 0.29) is 0 Å². The topological polar surface area (TPSA) is 18.5 Å². The molecule has 0 bridgehead atoms. The van der Waals surface area contributed by atoms with Gasteiger partial charge < -0.3 is 8.23 Å². The molecule has 0 radical (unpaired) electrons. The molecule has 6 heavy (non-hydrogen) atoms. The van der Waals surface area contributed by atoms with E-state index in [2.05, 4.69) is 0 Å². The Hall–Kier alpha value is -0.0962. The summed E-state index contributed by atoms with van der Waals surface area (Å²) in [4.78, 5) is 0. The van der Waals surface area contributed by atoms with Crippen LogP contribution >= 0.6 is 0 Å². The lowest BCUT2D eigenvalue weighted by Crippen LogP contribution is -2.32. The molecule has 1 saturated heterocycles. The van der Waals surface area contributed by atoms with Crippen molar-refractivity contribution in [3.05, 3.63) is 0 Å². The molecule has 1 heterocycles. The molecule has 34 valence electrons. The van der Waals surface area contributed by atoms with E-state index in [0.717, 1.165) is 0 Å². The van der Waals surface area contributed by atoms with Crippen LogP contribution in [0.25, 0.3) is 0 Å². The molecule has 0 aromatic carbocycles. The van der Waals surface area contributed by atoms with Gasteiger partial charge in [-0.1, -0.05) is 0 Å². The van der Waals surface area contributed by atoms with Crippen LogP contribution in [0.4, 0.5) is 0 Å². The largest absolute Gasteiger partial charge is 0.556 e. The highest BCUT2D eigenvalue weighted by molar-refractivity contribution is 6.68. The van der Waals surface area contributed by atoms with E-state index in [4.69, 9.17) is 8.23 Å². The highest BCUT2D eigenvalue weighted by Gasteiger charge is 2.10. The summed E-state index contributed by atoms with van der Waals surface area (Å²) in [6.07, 6.45) is 0. The quantitative estimate of drug-likeness (QED) is 0.377. The van der Waals surface area contributed by atoms with Crippen molar-refractivity contribution in [1.29, 1.82) is 0 Å². The Morgan fingerprint density at radius 2 is 2.33 bits per heavy atom. The molecular formula is C2H6O2Si2. The summed E-state index contributed by atoms with van der Waals surface area (Å²) in [6.45, 7) is 1.97. The lowest BCUT2D eigenvalue weighted by atomic mass is 11.0. The Morgan fingerprint density at radius 3 is 2.33 bits per heavy atom. The smallest absolute Gasteiger partial charge is 0.448 e. The zero-order chi connectivity index (χ0) is 4.41. The maximum atomic E-state index is 5.04. The molecule has 2 nitrogen and oxygen atoms in total. The van der Waals surface area contributed by atoms with E-state index in [1.54, 1.807) is 0 Å². The summed E-state index contributed by atoms with van der Waals surface area (Å²) in [5, 5.41) is 0. The van der Waals surface area contributed by atoms with Crippen LogP contribution in [0.5, 0.6) is 0 Å². The molecule has 1 fully saturated rings. The fourth-order valence-corrected chi connectivity index (χ4v) is 2.64. The van der Waals surface area contributed by atoms with Crippen molar-refractivity contribution < 1.29 is 8.23 Å². The van der Waals surface area contributed by atoms with Gasteiger partial charge in [-0.25, -0.2) is 0 Å². The monoisotopic (exact) mass is 118 g/mol. The molecule has 0 N–H and O–H groups in total. The van der Waals surface area contributed by atoms with Gasteiger partial charge in [0.05, 0.1) is 0 Å². The van der Waals surface area contributed by atoms with Crippen molar-refractivity contribution >= 4 is 24.6 Å². The Kier molecular flexibility index (Phi) is 1.06. The molecule has 0 amide bonds. The van der Waals surface area contributed by atoms with Crippen LogP contribution in [-0.2, 0) is 8.23 Å². The first-order valence-electron chi connectivity index (χ1n) is 1.85. The average molecular weight is 118 g/mol. The second kappa shape index (κ2) is 1.57. The molecule has 1 aliphatic rings. The van der Waals surface area contributed by atoms with Crippen molar-refractivity contribution in [2.75, 3.05) is 0 Å². The molecule has 0 saturated carbocycles. The van der Waals surface area contributed by atoms with E-state index in [1.165, 1.54) is 0 Å². The molecule has 1 rings (SSSR count). The Bertz CT molecular complexity index is 73.6. The van der Waals surface area contributed by atoms with Crippen LogP contribution in [0, 0.1) is 0 Å². The van der Waals surface area contributed by atoms with E-state index < -0.39 is 18.9 Å². The summed E-state index contributed by atoms with van der Waals surface area (Å²) < 4.78 is 10.1. The zero-order valence-electron chi connectivity index (χ0n) is 3.60. The maximum absolute atomic E-state index is 5.04. The van der Waals surface area contributed by atoms with E-state index in [9.17, 15) is 0 Å². The Balaban J connectivity index is 2.34. The van der Waals surface area contributed by atoms with Gasteiger partial charge in [0.2, 0.25) is 0 Å². The van der Waals surface area contributed by atoms with Crippen molar-refractivity contribution in [3.63, 3.8) is 0 Å². The summed E-state index contributed by atoms with van der Waals surface area (Å²) in [6, 6.07) is 0. The first-order valence-corrected chi connectivity index (χ1v) is 4.40. The summed E-state index contributed by atoms with van der Waals surface area (Å²) in [7, 11) is -1.19. The standard InChI is InChI=1S/C2H6O2Si2/c1-2-6-3-5-4-6/h2H,5H2,1H3. The van der Waals surface area contributed by atoms with Crippen molar-refractivity contribution in [2.24, 2.45) is 0 Å². The van der Waals surface area contributed by atoms with Gasteiger partial charge >= 0.3 is 18.9 Å². The fraction of sp³-hybridized carbons (Fsp3) is 0.500. The first kappa shape index (κ1) is 4.07. The van der Waals surface area contributed by atoms with E-state index in [1.807, 2.05) is 12.6 Å². The van der Waals surface area contributed by atoms with Crippen LogP contribution in [0.3, 0.4) is 0 Å². The first-order chi connectivity index (χ1) is 2.93. The van der Waals surface area contributed by atoms with Gasteiger partial charge in [-0.15, -0.1) is 0 Å². The third-order valence-electron chi connectivity index (χ3n) is 0.638. The molecule has 0 aromatic heterocycles. The molecule has 0 atom stereocenters. The normalized spacial score (nSPS) is 21.2.